The van der Waals surface area contributed by atoms with Gasteiger partial charge >= 0.3 is 5.97 Å². The number of hydrogen-bond donors (Lipinski definition) is 2. The van der Waals surface area contributed by atoms with Crippen molar-refractivity contribution in [1.82, 2.24) is 0 Å². The van der Waals surface area contributed by atoms with Gasteiger partial charge in [-0.05, 0) is 67.6 Å². The minimum absolute atomic E-state index is 0.000609. The summed E-state index contributed by atoms with van der Waals surface area (Å²) in [6.45, 7) is 15.4. The smallest absolute Gasteiger partial charge is 0.307 e. The van der Waals surface area contributed by atoms with Gasteiger partial charge in [0.2, 0.25) is 0 Å². The van der Waals surface area contributed by atoms with Crippen LogP contribution in [0.4, 0.5) is 0 Å². The average Bonchev–Trinajstić information content (AvgIpc) is 2.59. The van der Waals surface area contributed by atoms with E-state index >= 15 is 0 Å². The minimum Gasteiger partial charge on any atom is -0.507 e. The number of ether oxygens (including phenoxy) is 1. The van der Waals surface area contributed by atoms with Gasteiger partial charge in [0.25, 0.3) is 0 Å². The van der Waals surface area contributed by atoms with Gasteiger partial charge in [-0.25, -0.2) is 0 Å². The van der Waals surface area contributed by atoms with E-state index in [1.807, 2.05) is 67.5 Å². The standard InChI is InChI=1S/C18H20O4.2C2H6/c1-10-7-15(8-11(2)17(10)21)22-18-12(3)5-14(6-13(18)4)9-16(19)20;2*1-2/h5-8,21H,9H2,1-4H3,(H,19,20);2*1-2H3. The minimum atomic E-state index is -0.850. The van der Waals surface area contributed by atoms with Crippen LogP contribution in [0.1, 0.15) is 55.5 Å². The molecule has 0 aliphatic heterocycles. The normalized spacial score (nSPS) is 9.38. The maximum absolute atomic E-state index is 10.8. The first-order chi connectivity index (χ1) is 12.3. The second kappa shape index (κ2) is 11.2. The molecule has 0 atom stereocenters. The third-order valence-corrected chi connectivity index (χ3v) is 3.56. The summed E-state index contributed by atoms with van der Waals surface area (Å²) in [5.41, 5.74) is 4.05. The van der Waals surface area contributed by atoms with E-state index in [0.717, 1.165) is 33.6 Å². The fraction of sp³-hybridized carbons (Fsp3) is 0.409. The van der Waals surface area contributed by atoms with Crippen molar-refractivity contribution in [2.45, 2.75) is 61.8 Å². The maximum atomic E-state index is 10.8. The summed E-state index contributed by atoms with van der Waals surface area (Å²) < 4.78 is 5.96. The molecule has 0 fully saturated rings. The van der Waals surface area contributed by atoms with Crippen LogP contribution >= 0.6 is 0 Å². The molecule has 0 aliphatic rings. The molecule has 0 radical (unpaired) electrons. The molecular formula is C22H32O4. The summed E-state index contributed by atoms with van der Waals surface area (Å²) in [6.07, 6.45) is -0.000609. The van der Waals surface area contributed by atoms with Crippen LogP contribution in [-0.2, 0) is 11.2 Å². The molecule has 4 nitrogen and oxygen atoms in total. The Labute approximate surface area is 157 Å². The van der Waals surface area contributed by atoms with Crippen LogP contribution in [0.15, 0.2) is 24.3 Å². The third-order valence-electron chi connectivity index (χ3n) is 3.56. The van der Waals surface area contributed by atoms with E-state index in [0.29, 0.717) is 5.75 Å². The summed E-state index contributed by atoms with van der Waals surface area (Å²) in [7, 11) is 0. The Kier molecular flexibility index (Phi) is 10.1. The zero-order valence-electron chi connectivity index (χ0n) is 17.2. The predicted molar refractivity (Wildman–Crippen MR) is 108 cm³/mol. The van der Waals surface area contributed by atoms with E-state index < -0.39 is 5.97 Å². The molecule has 2 aromatic carbocycles. The van der Waals surface area contributed by atoms with Crippen LogP contribution in [0.5, 0.6) is 17.2 Å². The van der Waals surface area contributed by atoms with Crippen LogP contribution < -0.4 is 4.74 Å². The highest BCUT2D eigenvalue weighted by Crippen LogP contribution is 2.33. The van der Waals surface area contributed by atoms with Crippen molar-refractivity contribution in [2.24, 2.45) is 0 Å². The number of carbonyl (C=O) groups is 1. The lowest BCUT2D eigenvalue weighted by Crippen LogP contribution is -2.02. The molecule has 0 saturated carbocycles. The highest BCUT2D eigenvalue weighted by Gasteiger charge is 2.11. The van der Waals surface area contributed by atoms with E-state index in [1.54, 1.807) is 12.1 Å². The molecule has 0 spiro atoms. The Balaban J connectivity index is 0.00000146. The zero-order valence-corrected chi connectivity index (χ0v) is 17.2. The number of phenolic OH excluding ortho intramolecular Hbond substituents is 1. The van der Waals surface area contributed by atoms with Crippen molar-refractivity contribution in [3.05, 3.63) is 52.1 Å². The second-order valence-electron chi connectivity index (χ2n) is 5.64. The number of aromatic hydroxyl groups is 1. The molecule has 2 N–H and O–H groups in total. The molecule has 0 bridgehead atoms. The lowest BCUT2D eigenvalue weighted by molar-refractivity contribution is -0.136. The van der Waals surface area contributed by atoms with E-state index in [9.17, 15) is 9.90 Å². The van der Waals surface area contributed by atoms with E-state index in [1.165, 1.54) is 0 Å². The first-order valence-corrected chi connectivity index (χ1v) is 9.08. The molecule has 2 rings (SSSR count). The highest BCUT2D eigenvalue weighted by molar-refractivity contribution is 5.70. The topological polar surface area (TPSA) is 66.8 Å². The number of rotatable bonds is 4. The monoisotopic (exact) mass is 360 g/mol. The van der Waals surface area contributed by atoms with Crippen molar-refractivity contribution in [3.63, 3.8) is 0 Å². The molecule has 0 amide bonds. The molecule has 0 heterocycles. The molecule has 2 aromatic rings. The number of carboxylic acid groups (broad SMARTS) is 1. The van der Waals surface area contributed by atoms with Crippen LogP contribution in [0.25, 0.3) is 0 Å². The van der Waals surface area contributed by atoms with Crippen molar-refractivity contribution in [2.75, 3.05) is 0 Å². The third kappa shape index (κ3) is 6.43. The van der Waals surface area contributed by atoms with E-state index in [2.05, 4.69) is 0 Å². The molecule has 4 heteroatoms. The van der Waals surface area contributed by atoms with Gasteiger partial charge in [-0.1, -0.05) is 39.8 Å². The molecule has 0 saturated heterocycles. The SMILES string of the molecule is CC.CC.Cc1cc(Oc2c(C)cc(CC(=O)O)cc2C)cc(C)c1O. The fourth-order valence-corrected chi connectivity index (χ4v) is 2.57. The number of hydrogen-bond acceptors (Lipinski definition) is 3. The van der Waals surface area contributed by atoms with Gasteiger partial charge in [0.05, 0.1) is 6.42 Å². The highest BCUT2D eigenvalue weighted by atomic mass is 16.5. The molecule has 0 aliphatic carbocycles. The second-order valence-corrected chi connectivity index (χ2v) is 5.64. The van der Waals surface area contributed by atoms with Crippen LogP contribution in [0, 0.1) is 27.7 Å². The summed E-state index contributed by atoms with van der Waals surface area (Å²) >= 11 is 0. The van der Waals surface area contributed by atoms with E-state index in [-0.39, 0.29) is 12.2 Å². The fourth-order valence-electron chi connectivity index (χ4n) is 2.57. The van der Waals surface area contributed by atoms with Gasteiger partial charge in [-0.2, -0.15) is 0 Å². The number of aliphatic carboxylic acids is 1. The summed E-state index contributed by atoms with van der Waals surface area (Å²) in [4.78, 5) is 10.8. The molecular weight excluding hydrogens is 328 g/mol. The number of phenols is 1. The Morgan fingerprint density at radius 1 is 0.846 bits per heavy atom. The molecule has 26 heavy (non-hydrogen) atoms. The first kappa shape index (κ1) is 23.5. The summed E-state index contributed by atoms with van der Waals surface area (Å²) in [5.74, 6) is 0.804. The predicted octanol–water partition coefficient (Wildman–Crippen LogP) is 6.10. The van der Waals surface area contributed by atoms with Crippen molar-refractivity contribution in [3.8, 4) is 17.2 Å². The van der Waals surface area contributed by atoms with Gasteiger partial charge in [0.1, 0.15) is 17.2 Å². The molecule has 0 unspecified atom stereocenters. The Morgan fingerprint density at radius 3 is 1.65 bits per heavy atom. The lowest BCUT2D eigenvalue weighted by Gasteiger charge is -2.15. The Bertz CT molecular complexity index is 687. The largest absolute Gasteiger partial charge is 0.507 e. The quantitative estimate of drug-likeness (QED) is 0.691. The van der Waals surface area contributed by atoms with Crippen LogP contribution in [0.3, 0.4) is 0 Å². The zero-order chi connectivity index (χ0) is 20.4. The van der Waals surface area contributed by atoms with Gasteiger partial charge in [-0.3, -0.25) is 4.79 Å². The van der Waals surface area contributed by atoms with Crippen LogP contribution in [0.2, 0.25) is 0 Å². The average molecular weight is 360 g/mol. The van der Waals surface area contributed by atoms with Crippen molar-refractivity contribution >= 4 is 5.97 Å². The maximum Gasteiger partial charge on any atom is 0.307 e. The number of carboxylic acids is 1. The van der Waals surface area contributed by atoms with Gasteiger partial charge in [0, 0.05) is 0 Å². The van der Waals surface area contributed by atoms with Gasteiger partial charge in [0.15, 0.2) is 0 Å². The van der Waals surface area contributed by atoms with Crippen molar-refractivity contribution < 1.29 is 19.7 Å². The Hall–Kier alpha value is -2.49. The molecule has 0 aromatic heterocycles. The van der Waals surface area contributed by atoms with E-state index in [4.69, 9.17) is 9.84 Å². The summed E-state index contributed by atoms with van der Waals surface area (Å²) in [5, 5.41) is 18.7. The number of aryl methyl sites for hydroxylation is 4. The van der Waals surface area contributed by atoms with Crippen LogP contribution in [-0.4, -0.2) is 16.2 Å². The van der Waals surface area contributed by atoms with Gasteiger partial charge in [-0.15, -0.1) is 0 Å². The first-order valence-electron chi connectivity index (χ1n) is 9.08. The van der Waals surface area contributed by atoms with Gasteiger partial charge < -0.3 is 14.9 Å². The molecule has 144 valence electrons. The lowest BCUT2D eigenvalue weighted by atomic mass is 10.0. The Morgan fingerprint density at radius 2 is 1.27 bits per heavy atom. The van der Waals surface area contributed by atoms with Crippen molar-refractivity contribution in [1.29, 1.82) is 0 Å². The number of benzene rings is 2. The summed E-state index contributed by atoms with van der Waals surface area (Å²) in [6, 6.07) is 7.23.